The van der Waals surface area contributed by atoms with Crippen molar-refractivity contribution in [2.24, 2.45) is 0 Å². The fourth-order valence-electron chi connectivity index (χ4n) is 2.82. The van der Waals surface area contributed by atoms with Gasteiger partial charge in [-0.2, -0.15) is 13.2 Å². The van der Waals surface area contributed by atoms with Gasteiger partial charge >= 0.3 is 6.18 Å². The van der Waals surface area contributed by atoms with Crippen LogP contribution in [0.1, 0.15) is 17.5 Å². The lowest BCUT2D eigenvalue weighted by Gasteiger charge is -2.17. The molecule has 1 heterocycles. The van der Waals surface area contributed by atoms with Crippen LogP contribution in [0.15, 0.2) is 54.6 Å². The summed E-state index contributed by atoms with van der Waals surface area (Å²) in [6, 6.07) is 15.2. The summed E-state index contributed by atoms with van der Waals surface area (Å²) in [5.41, 5.74) is 0.557. The van der Waals surface area contributed by atoms with Gasteiger partial charge < -0.3 is 4.74 Å². The van der Waals surface area contributed by atoms with E-state index in [1.807, 2.05) is 18.2 Å². The number of alkyl halides is 3. The largest absolute Gasteiger partial charge is 0.489 e. The topological polar surface area (TPSA) is 12.5 Å². The van der Waals surface area contributed by atoms with Crippen molar-refractivity contribution in [1.82, 2.24) is 4.90 Å². The fraction of sp³-hybridized carbons (Fsp3) is 0.333. The first-order valence-electron chi connectivity index (χ1n) is 7.61. The monoisotopic (exact) mass is 321 g/mol. The molecule has 1 saturated heterocycles. The molecule has 1 aliphatic heterocycles. The number of hydrogen-bond acceptors (Lipinski definition) is 2. The number of nitrogens with zero attached hydrogens (tertiary/aromatic N) is 1. The average molecular weight is 321 g/mol. The molecule has 23 heavy (non-hydrogen) atoms. The number of likely N-dealkylation sites (tertiary alicyclic amines) is 1. The zero-order chi connectivity index (χ0) is 16.3. The molecular weight excluding hydrogens is 303 g/mol. The van der Waals surface area contributed by atoms with Crippen molar-refractivity contribution in [2.75, 3.05) is 13.1 Å². The quantitative estimate of drug-likeness (QED) is 0.830. The van der Waals surface area contributed by atoms with Gasteiger partial charge in [0.1, 0.15) is 11.9 Å². The molecule has 0 radical (unpaired) electrons. The normalized spacial score (nSPS) is 19.0. The molecule has 0 N–H and O–H groups in total. The van der Waals surface area contributed by atoms with Crippen molar-refractivity contribution in [3.8, 4) is 5.75 Å². The van der Waals surface area contributed by atoms with Crippen LogP contribution in [0.2, 0.25) is 0 Å². The molecule has 122 valence electrons. The van der Waals surface area contributed by atoms with Crippen LogP contribution in [-0.4, -0.2) is 24.1 Å². The zero-order valence-corrected chi connectivity index (χ0v) is 12.6. The SMILES string of the molecule is FC(F)(F)c1cccc(O[C@@H]2CCN(Cc3ccccc3)C2)c1. The maximum Gasteiger partial charge on any atom is 0.416 e. The van der Waals surface area contributed by atoms with Crippen molar-refractivity contribution in [1.29, 1.82) is 0 Å². The second kappa shape index (κ2) is 6.62. The minimum atomic E-state index is -4.34. The highest BCUT2D eigenvalue weighted by atomic mass is 19.4. The number of hydrogen-bond donors (Lipinski definition) is 0. The van der Waals surface area contributed by atoms with E-state index in [0.717, 1.165) is 38.2 Å². The van der Waals surface area contributed by atoms with Gasteiger partial charge in [-0.3, -0.25) is 4.90 Å². The van der Waals surface area contributed by atoms with Crippen LogP contribution in [-0.2, 0) is 12.7 Å². The van der Waals surface area contributed by atoms with Crippen LogP contribution >= 0.6 is 0 Å². The minimum absolute atomic E-state index is 0.0674. The van der Waals surface area contributed by atoms with E-state index in [1.54, 1.807) is 6.07 Å². The van der Waals surface area contributed by atoms with Crippen molar-refractivity contribution < 1.29 is 17.9 Å². The lowest BCUT2D eigenvalue weighted by molar-refractivity contribution is -0.137. The summed E-state index contributed by atoms with van der Waals surface area (Å²) in [6.45, 7) is 2.45. The molecule has 2 aromatic rings. The number of rotatable bonds is 4. The Balaban J connectivity index is 1.58. The number of ether oxygens (including phenoxy) is 1. The molecule has 0 amide bonds. The Morgan fingerprint density at radius 1 is 1.04 bits per heavy atom. The molecule has 1 aliphatic rings. The summed E-state index contributed by atoms with van der Waals surface area (Å²) < 4.78 is 43.9. The molecule has 0 spiro atoms. The van der Waals surface area contributed by atoms with Gasteiger partial charge in [-0.05, 0) is 30.2 Å². The first kappa shape index (κ1) is 15.9. The van der Waals surface area contributed by atoms with Crippen molar-refractivity contribution in [3.05, 3.63) is 65.7 Å². The minimum Gasteiger partial charge on any atom is -0.489 e. The van der Waals surface area contributed by atoms with E-state index < -0.39 is 11.7 Å². The molecule has 0 saturated carbocycles. The molecule has 0 unspecified atom stereocenters. The summed E-state index contributed by atoms with van der Waals surface area (Å²) in [5.74, 6) is 0.284. The van der Waals surface area contributed by atoms with Crippen molar-refractivity contribution >= 4 is 0 Å². The van der Waals surface area contributed by atoms with E-state index in [-0.39, 0.29) is 11.9 Å². The molecule has 3 rings (SSSR count). The maximum absolute atomic E-state index is 12.7. The van der Waals surface area contributed by atoms with Crippen LogP contribution in [0.5, 0.6) is 5.75 Å². The Bertz CT molecular complexity index is 642. The highest BCUT2D eigenvalue weighted by molar-refractivity contribution is 5.30. The second-order valence-corrected chi connectivity index (χ2v) is 5.77. The molecule has 2 aromatic carbocycles. The average Bonchev–Trinajstić information content (AvgIpc) is 2.95. The first-order chi connectivity index (χ1) is 11.0. The third-order valence-corrected chi connectivity index (χ3v) is 3.94. The fourth-order valence-corrected chi connectivity index (χ4v) is 2.82. The van der Waals surface area contributed by atoms with Crippen molar-refractivity contribution in [2.45, 2.75) is 25.2 Å². The second-order valence-electron chi connectivity index (χ2n) is 5.77. The molecule has 1 fully saturated rings. The van der Waals surface area contributed by atoms with Gasteiger partial charge in [-0.15, -0.1) is 0 Å². The van der Waals surface area contributed by atoms with Gasteiger partial charge in [-0.1, -0.05) is 36.4 Å². The summed E-state index contributed by atoms with van der Waals surface area (Å²) in [6.07, 6.45) is -3.58. The molecule has 2 nitrogen and oxygen atoms in total. The van der Waals surface area contributed by atoms with E-state index in [9.17, 15) is 13.2 Å². The predicted octanol–water partition coefficient (Wildman–Crippen LogP) is 4.36. The number of halogens is 3. The van der Waals surface area contributed by atoms with E-state index >= 15 is 0 Å². The van der Waals surface area contributed by atoms with E-state index in [4.69, 9.17) is 4.74 Å². The molecule has 0 aromatic heterocycles. The Hall–Kier alpha value is -2.01. The lowest BCUT2D eigenvalue weighted by Crippen LogP contribution is -2.24. The molecule has 1 atom stereocenters. The van der Waals surface area contributed by atoms with E-state index in [2.05, 4.69) is 17.0 Å². The Morgan fingerprint density at radius 3 is 2.57 bits per heavy atom. The van der Waals surface area contributed by atoms with E-state index in [0.29, 0.717) is 0 Å². The van der Waals surface area contributed by atoms with Crippen molar-refractivity contribution in [3.63, 3.8) is 0 Å². The first-order valence-corrected chi connectivity index (χ1v) is 7.61. The van der Waals surface area contributed by atoms with Gasteiger partial charge in [0.2, 0.25) is 0 Å². The summed E-state index contributed by atoms with van der Waals surface area (Å²) in [4.78, 5) is 2.26. The van der Waals surface area contributed by atoms with Crippen LogP contribution in [0.4, 0.5) is 13.2 Å². The molecular formula is C18H18F3NO. The Morgan fingerprint density at radius 2 is 1.83 bits per heavy atom. The standard InChI is InChI=1S/C18H18F3NO/c19-18(20,21)15-7-4-8-16(11-15)23-17-9-10-22(13-17)12-14-5-2-1-3-6-14/h1-8,11,17H,9-10,12-13H2/t17-/m1/s1. The zero-order valence-electron chi connectivity index (χ0n) is 12.6. The predicted molar refractivity (Wildman–Crippen MR) is 82.2 cm³/mol. The third-order valence-electron chi connectivity index (χ3n) is 3.94. The van der Waals surface area contributed by atoms with Crippen LogP contribution in [0.25, 0.3) is 0 Å². The van der Waals surface area contributed by atoms with Gasteiger partial charge in [0.25, 0.3) is 0 Å². The van der Waals surface area contributed by atoms with Gasteiger partial charge in [0.15, 0.2) is 0 Å². The van der Waals surface area contributed by atoms with Gasteiger partial charge in [0.05, 0.1) is 5.56 Å². The Labute approximate surface area is 133 Å². The lowest BCUT2D eigenvalue weighted by atomic mass is 10.2. The molecule has 5 heteroatoms. The molecule has 0 bridgehead atoms. The summed E-state index contributed by atoms with van der Waals surface area (Å²) in [5, 5.41) is 0. The van der Waals surface area contributed by atoms with Crippen LogP contribution in [0, 0.1) is 0 Å². The third kappa shape index (κ3) is 4.26. The van der Waals surface area contributed by atoms with Crippen LogP contribution < -0.4 is 4.74 Å². The van der Waals surface area contributed by atoms with E-state index in [1.165, 1.54) is 11.6 Å². The maximum atomic E-state index is 12.7. The number of benzene rings is 2. The summed E-state index contributed by atoms with van der Waals surface area (Å²) >= 11 is 0. The highest BCUT2D eigenvalue weighted by Crippen LogP contribution is 2.32. The van der Waals surface area contributed by atoms with Gasteiger partial charge in [-0.25, -0.2) is 0 Å². The Kier molecular flexibility index (Phi) is 4.57. The van der Waals surface area contributed by atoms with Crippen LogP contribution in [0.3, 0.4) is 0 Å². The molecule has 0 aliphatic carbocycles. The smallest absolute Gasteiger partial charge is 0.416 e. The highest BCUT2D eigenvalue weighted by Gasteiger charge is 2.31. The summed E-state index contributed by atoms with van der Waals surface area (Å²) in [7, 11) is 0. The van der Waals surface area contributed by atoms with Gasteiger partial charge in [0, 0.05) is 19.6 Å².